The van der Waals surface area contributed by atoms with E-state index in [1.807, 2.05) is 0 Å². The highest BCUT2D eigenvalue weighted by Crippen LogP contribution is 2.23. The number of carbonyl (C=O) groups is 2. The minimum Gasteiger partial charge on any atom is -0.550 e. The van der Waals surface area contributed by atoms with Crippen molar-refractivity contribution in [3.63, 3.8) is 0 Å². The summed E-state index contributed by atoms with van der Waals surface area (Å²) in [6, 6.07) is 0. The van der Waals surface area contributed by atoms with Crippen molar-refractivity contribution in [3.8, 4) is 0 Å². The number of carboxylic acid groups (broad SMARTS) is 2. The normalized spacial score (nSPS) is 10.6. The zero-order valence-electron chi connectivity index (χ0n) is 14.6. The molecule has 4 heteroatoms. The van der Waals surface area contributed by atoms with E-state index in [4.69, 9.17) is 0 Å². The molecule has 0 aliphatic rings. The largest absolute Gasteiger partial charge is 0.550 e. The Hall–Kier alpha value is -1.06. The minimum absolute atomic E-state index is 0.343. The second-order valence-corrected chi connectivity index (χ2v) is 7.11. The molecule has 122 valence electrons. The minimum atomic E-state index is -0.991. The van der Waals surface area contributed by atoms with Gasteiger partial charge in [0.15, 0.2) is 0 Å². The number of carbonyl (C=O) groups excluding carboxylic acids is 2. The second-order valence-electron chi connectivity index (χ2n) is 7.11. The Kier molecular flexibility index (Phi) is 14.1. The van der Waals surface area contributed by atoms with Gasteiger partial charge in [-0.1, -0.05) is 62.3 Å². The summed E-state index contributed by atoms with van der Waals surface area (Å²) < 4.78 is 0. The highest BCUT2D eigenvalue weighted by Gasteiger charge is 2.11. The molecule has 0 radical (unpaired) electrons. The van der Waals surface area contributed by atoms with Crippen molar-refractivity contribution >= 4 is 11.9 Å². The Morgan fingerprint density at radius 2 is 1.00 bits per heavy atom. The van der Waals surface area contributed by atoms with Crippen molar-refractivity contribution in [3.05, 3.63) is 0 Å². The summed E-state index contributed by atoms with van der Waals surface area (Å²) >= 11 is 0. The van der Waals surface area contributed by atoms with Gasteiger partial charge in [-0.05, 0) is 29.6 Å². The van der Waals surface area contributed by atoms with Gasteiger partial charge in [-0.2, -0.15) is 0 Å². The lowest BCUT2D eigenvalue weighted by atomic mass is 9.86. The van der Waals surface area contributed by atoms with Crippen LogP contribution in [0.25, 0.3) is 0 Å². The summed E-state index contributed by atoms with van der Waals surface area (Å²) in [5.74, 6) is -1.82. The number of rotatable bonds is 3. The maximum atomic E-state index is 9.59. The highest BCUT2D eigenvalue weighted by molar-refractivity contribution is 5.66. The van der Waals surface area contributed by atoms with Crippen molar-refractivity contribution in [2.24, 2.45) is 23.2 Å². The van der Waals surface area contributed by atoms with Crippen LogP contribution in [0.3, 0.4) is 0 Å². The van der Waals surface area contributed by atoms with Crippen molar-refractivity contribution < 1.29 is 19.8 Å². The molecule has 0 amide bonds. The van der Waals surface area contributed by atoms with Crippen LogP contribution >= 0.6 is 0 Å². The van der Waals surface area contributed by atoms with Gasteiger partial charge in [-0.3, -0.25) is 0 Å². The summed E-state index contributed by atoms with van der Waals surface area (Å²) in [6.45, 7) is 17.7. The third kappa shape index (κ3) is 30.2. The van der Waals surface area contributed by atoms with Crippen LogP contribution in [0.2, 0.25) is 0 Å². The molecule has 0 saturated carbocycles. The smallest absolute Gasteiger partial charge is 0.0439 e. The summed E-state index contributed by atoms with van der Waals surface area (Å²) in [5, 5.41) is 19.2. The molecule has 4 nitrogen and oxygen atoms in total. The van der Waals surface area contributed by atoms with Crippen LogP contribution in [0.15, 0.2) is 0 Å². The number of hydrogen-bond donors (Lipinski definition) is 0. The Balaban J connectivity index is -0.000000221. The molecule has 0 aliphatic heterocycles. The van der Waals surface area contributed by atoms with Crippen molar-refractivity contribution in [1.29, 1.82) is 0 Å². The van der Waals surface area contributed by atoms with Crippen molar-refractivity contribution in [2.75, 3.05) is 0 Å². The predicted octanol–water partition coefficient (Wildman–Crippen LogP) is 1.86. The Morgan fingerprint density at radius 3 is 1.00 bits per heavy atom. The van der Waals surface area contributed by atoms with Gasteiger partial charge in [-0.25, -0.2) is 0 Å². The molecule has 0 aliphatic carbocycles. The first-order valence-corrected chi connectivity index (χ1v) is 7.12. The molecule has 0 fully saturated rings. The molecule has 0 aromatic rings. The molecule has 0 saturated heterocycles. The van der Waals surface area contributed by atoms with E-state index in [2.05, 4.69) is 34.6 Å². The summed E-state index contributed by atoms with van der Waals surface area (Å²) in [4.78, 5) is 19.2. The first-order chi connectivity index (χ1) is 8.70. The second kappa shape index (κ2) is 11.7. The van der Waals surface area contributed by atoms with Gasteiger partial charge in [0, 0.05) is 11.9 Å². The average molecular weight is 288 g/mol. The third-order valence-electron chi connectivity index (χ3n) is 1.96. The lowest BCUT2D eigenvalue weighted by Gasteiger charge is -2.19. The summed E-state index contributed by atoms with van der Waals surface area (Å²) in [7, 11) is 0. The van der Waals surface area contributed by atoms with Crippen LogP contribution in [-0.4, -0.2) is 11.9 Å². The average Bonchev–Trinajstić information content (AvgIpc) is 2.14. The van der Waals surface area contributed by atoms with E-state index in [-0.39, 0.29) is 11.8 Å². The maximum Gasteiger partial charge on any atom is 0.0439 e. The SMILES string of the molecule is CC(C)C(=O)[O-].CC(C)C(=O)[O-].CC(C)CC(C)(C)C. The van der Waals surface area contributed by atoms with Crippen LogP contribution < -0.4 is 10.2 Å². The topological polar surface area (TPSA) is 80.3 Å². The summed E-state index contributed by atoms with van der Waals surface area (Å²) in [5.41, 5.74) is 0.522. The fraction of sp³-hybridized carbons (Fsp3) is 0.875. The molecule has 0 aromatic carbocycles. The van der Waals surface area contributed by atoms with E-state index in [9.17, 15) is 19.8 Å². The van der Waals surface area contributed by atoms with Gasteiger partial charge < -0.3 is 19.8 Å². The maximum absolute atomic E-state index is 9.59. The Morgan fingerprint density at radius 1 is 0.800 bits per heavy atom. The molecule has 0 N–H and O–H groups in total. The third-order valence-corrected chi connectivity index (χ3v) is 1.96. The fourth-order valence-electron chi connectivity index (χ4n) is 1.22. The van der Waals surface area contributed by atoms with Gasteiger partial charge >= 0.3 is 0 Å². The molecule has 0 unspecified atom stereocenters. The number of carboxylic acids is 2. The van der Waals surface area contributed by atoms with E-state index in [0.717, 1.165) is 5.92 Å². The standard InChI is InChI=1S/C8H18.2C4H8O2/c1-7(2)6-8(3,4)5;2*1-3(2)4(5)6/h7H,6H2,1-5H3;2*3H,1-2H3,(H,5,6)/p-2. The van der Waals surface area contributed by atoms with Crippen LogP contribution in [0, 0.1) is 23.2 Å². The van der Waals surface area contributed by atoms with Crippen molar-refractivity contribution in [1.82, 2.24) is 0 Å². The first-order valence-electron chi connectivity index (χ1n) is 7.12. The van der Waals surface area contributed by atoms with Crippen LogP contribution in [-0.2, 0) is 9.59 Å². The van der Waals surface area contributed by atoms with Crippen LogP contribution in [0.5, 0.6) is 0 Å². The van der Waals surface area contributed by atoms with Crippen LogP contribution in [0.1, 0.15) is 68.7 Å². The lowest BCUT2D eigenvalue weighted by Crippen LogP contribution is -2.27. The molecule has 0 aromatic heterocycles. The molecule has 20 heavy (non-hydrogen) atoms. The molecule has 0 rings (SSSR count). The lowest BCUT2D eigenvalue weighted by molar-refractivity contribution is -0.311. The van der Waals surface area contributed by atoms with Gasteiger partial charge in [-0.15, -0.1) is 0 Å². The monoisotopic (exact) mass is 288 g/mol. The quantitative estimate of drug-likeness (QED) is 0.794. The molecule has 0 spiro atoms. The van der Waals surface area contributed by atoms with E-state index < -0.39 is 11.9 Å². The van der Waals surface area contributed by atoms with Crippen molar-refractivity contribution in [2.45, 2.75) is 68.7 Å². The van der Waals surface area contributed by atoms with E-state index in [1.54, 1.807) is 27.7 Å². The fourth-order valence-corrected chi connectivity index (χ4v) is 1.22. The molecular formula is C16H32O4-2. The van der Waals surface area contributed by atoms with Gasteiger partial charge in [0.25, 0.3) is 0 Å². The summed E-state index contributed by atoms with van der Waals surface area (Å²) in [6.07, 6.45) is 1.33. The van der Waals surface area contributed by atoms with Gasteiger partial charge in [0.05, 0.1) is 0 Å². The zero-order valence-corrected chi connectivity index (χ0v) is 14.6. The van der Waals surface area contributed by atoms with E-state index >= 15 is 0 Å². The number of aliphatic carboxylic acids is 2. The molecule has 0 atom stereocenters. The van der Waals surface area contributed by atoms with Gasteiger partial charge in [0.1, 0.15) is 0 Å². The molecule has 0 heterocycles. The first kappa shape index (κ1) is 24.0. The van der Waals surface area contributed by atoms with Gasteiger partial charge in [0.2, 0.25) is 0 Å². The van der Waals surface area contributed by atoms with E-state index in [0.29, 0.717) is 5.41 Å². The molecule has 0 bridgehead atoms. The highest BCUT2D eigenvalue weighted by atomic mass is 16.4. The Bertz CT molecular complexity index is 242. The number of hydrogen-bond acceptors (Lipinski definition) is 4. The zero-order chi connectivity index (χ0) is 17.1. The molecular weight excluding hydrogens is 256 g/mol. The van der Waals surface area contributed by atoms with Crippen LogP contribution in [0.4, 0.5) is 0 Å². The van der Waals surface area contributed by atoms with E-state index in [1.165, 1.54) is 6.42 Å². The Labute approximate surface area is 124 Å². The predicted molar refractivity (Wildman–Crippen MR) is 78.6 cm³/mol.